The highest BCUT2D eigenvalue weighted by Gasteiger charge is 2.33. The van der Waals surface area contributed by atoms with Gasteiger partial charge in [-0.1, -0.05) is 3.71 Å². The highest BCUT2D eigenvalue weighted by atomic mass is 35.5. The van der Waals surface area contributed by atoms with E-state index in [0.717, 1.165) is 13.1 Å². The second kappa shape index (κ2) is 11.2. The summed E-state index contributed by atoms with van der Waals surface area (Å²) in [7, 11) is -8.07. The highest BCUT2D eigenvalue weighted by Crippen LogP contribution is 2.10. The molecule has 0 spiro atoms. The van der Waals surface area contributed by atoms with E-state index >= 15 is 0 Å². The number of carbonyl (C=O) groups excluding carboxylic acids is 1. The fourth-order valence-corrected chi connectivity index (χ4v) is 4.92. The van der Waals surface area contributed by atoms with Crippen LogP contribution in [0.5, 0.6) is 0 Å². The van der Waals surface area contributed by atoms with Crippen LogP contribution in [-0.4, -0.2) is 70.8 Å². The number of ether oxygens (including phenoxy) is 1. The zero-order valence-electron chi connectivity index (χ0n) is 14.0. The van der Waals surface area contributed by atoms with Gasteiger partial charge in [0, 0.05) is 0 Å². The molecule has 23 heavy (non-hydrogen) atoms. The highest BCUT2D eigenvalue weighted by molar-refractivity contribution is 8.04. The van der Waals surface area contributed by atoms with E-state index in [1.165, 1.54) is 18.7 Å². The normalized spacial score (nSPS) is 12.3. The van der Waals surface area contributed by atoms with Gasteiger partial charge in [-0.25, -0.2) is 16.8 Å². The molecule has 11 heteroatoms. The van der Waals surface area contributed by atoms with E-state index in [0.29, 0.717) is 6.54 Å². The first-order valence-corrected chi connectivity index (χ1v) is 10.6. The predicted octanol–water partition coefficient (Wildman–Crippen LogP) is -4.54. The maximum atomic E-state index is 11.9. The van der Waals surface area contributed by atoms with Gasteiger partial charge in [0.1, 0.15) is 19.7 Å². The molecule has 0 fully saturated rings. The summed E-state index contributed by atoms with van der Waals surface area (Å²) in [4.78, 5) is 13.0. The molecule has 8 nitrogen and oxygen atoms in total. The van der Waals surface area contributed by atoms with Crippen LogP contribution in [0.2, 0.25) is 0 Å². The van der Waals surface area contributed by atoms with Crippen molar-refractivity contribution in [1.29, 1.82) is 0 Å². The van der Waals surface area contributed by atoms with Gasteiger partial charge in [-0.3, -0.25) is 4.79 Å². The first-order chi connectivity index (χ1) is 10.1. The number of rotatable bonds is 11. The number of hydrogen-bond acceptors (Lipinski definition) is 6. The fourth-order valence-electron chi connectivity index (χ4n) is 1.72. The molecule has 0 aromatic heterocycles. The monoisotopic (exact) mass is 394 g/mol. The minimum Gasteiger partial charge on any atom is -1.00 e. The van der Waals surface area contributed by atoms with E-state index in [2.05, 4.69) is 0 Å². The minimum atomic E-state index is -4.04. The number of nitrogens with zero attached hydrogens (tertiary/aromatic N) is 1. The summed E-state index contributed by atoms with van der Waals surface area (Å²) in [6.45, 7) is 8.34. The molecule has 0 aromatic rings. The first kappa shape index (κ1) is 24.8. The van der Waals surface area contributed by atoms with Crippen molar-refractivity contribution < 1.29 is 43.7 Å². The molecule has 0 bridgehead atoms. The summed E-state index contributed by atoms with van der Waals surface area (Å²) < 4.78 is 52.6. The number of sulfonamides is 2. The summed E-state index contributed by atoms with van der Waals surface area (Å²) >= 11 is 0. The van der Waals surface area contributed by atoms with E-state index < -0.39 is 44.1 Å². The molecule has 0 aliphatic heterocycles. The van der Waals surface area contributed by atoms with Gasteiger partial charge < -0.3 is 22.0 Å². The van der Waals surface area contributed by atoms with Crippen LogP contribution < -0.4 is 17.3 Å². The second-order valence-corrected chi connectivity index (χ2v) is 9.25. The topological polar surface area (TPSA) is 102 Å². The number of likely N-dealkylation sites (N-methyl/N-ethyl adjacent to an activating group) is 1. The van der Waals surface area contributed by atoms with E-state index in [9.17, 15) is 21.6 Å². The van der Waals surface area contributed by atoms with Crippen molar-refractivity contribution in [2.24, 2.45) is 0 Å². The molecule has 0 radical (unpaired) electrons. The van der Waals surface area contributed by atoms with Gasteiger partial charge in [0.15, 0.2) is 0 Å². The fraction of sp³-hybridized carbons (Fsp3) is 0.917. The smallest absolute Gasteiger partial charge is 0.322 e. The summed E-state index contributed by atoms with van der Waals surface area (Å²) in [5.74, 6) is -1.66. The van der Waals surface area contributed by atoms with Crippen molar-refractivity contribution in [3.8, 4) is 0 Å². The molecule has 0 aromatic carbocycles. The van der Waals surface area contributed by atoms with Gasteiger partial charge >= 0.3 is 5.97 Å². The molecule has 0 heterocycles. The number of quaternary nitrogens is 1. The molecule has 0 saturated carbocycles. The number of esters is 1. The van der Waals surface area contributed by atoms with Crippen LogP contribution in [-0.2, 0) is 29.6 Å². The third kappa shape index (κ3) is 8.30. The lowest BCUT2D eigenvalue weighted by molar-refractivity contribution is -0.896. The quantitative estimate of drug-likeness (QED) is 0.354. The Morgan fingerprint density at radius 1 is 0.957 bits per heavy atom. The molecule has 0 rings (SSSR count). The lowest BCUT2D eigenvalue weighted by Crippen LogP contribution is -3.11. The summed E-state index contributed by atoms with van der Waals surface area (Å²) in [5, 5.41) is 0. The Kier molecular flexibility index (Phi) is 12.1. The molecule has 140 valence electrons. The Morgan fingerprint density at radius 3 is 1.74 bits per heavy atom. The summed E-state index contributed by atoms with van der Waals surface area (Å²) in [5.41, 5.74) is 0. The lowest BCUT2D eigenvalue weighted by Gasteiger charge is -2.20. The van der Waals surface area contributed by atoms with Crippen LogP contribution in [0.15, 0.2) is 0 Å². The average molecular weight is 395 g/mol. The van der Waals surface area contributed by atoms with E-state index in [-0.39, 0.29) is 22.7 Å². The molecule has 0 unspecified atom stereocenters. The molecule has 0 aliphatic carbocycles. The van der Waals surface area contributed by atoms with E-state index in [1.807, 2.05) is 13.8 Å². The average Bonchev–Trinajstić information content (AvgIpc) is 2.48. The van der Waals surface area contributed by atoms with Crippen LogP contribution in [0.1, 0.15) is 27.7 Å². The Bertz CT molecular complexity index is 512. The summed E-state index contributed by atoms with van der Waals surface area (Å²) in [6, 6.07) is 0. The lowest BCUT2D eigenvalue weighted by atomic mass is 10.5. The molecule has 1 N–H and O–H groups in total. The largest absolute Gasteiger partial charge is 1.00 e. The number of nitrogens with one attached hydrogen (secondary N) is 1. The van der Waals surface area contributed by atoms with Gasteiger partial charge in [0.05, 0.1) is 24.6 Å². The van der Waals surface area contributed by atoms with Crippen molar-refractivity contribution in [2.75, 3.05) is 44.3 Å². The number of hydrogen-bond donors (Lipinski definition) is 1. The van der Waals surface area contributed by atoms with Gasteiger partial charge in [0.25, 0.3) is 0 Å². The van der Waals surface area contributed by atoms with E-state index in [1.54, 1.807) is 0 Å². The maximum absolute atomic E-state index is 11.9. The zero-order valence-corrected chi connectivity index (χ0v) is 16.4. The molecule has 0 saturated heterocycles. The van der Waals surface area contributed by atoms with Gasteiger partial charge in [0.2, 0.25) is 20.0 Å². The molecule has 0 atom stereocenters. The van der Waals surface area contributed by atoms with Crippen LogP contribution >= 0.6 is 0 Å². The van der Waals surface area contributed by atoms with Gasteiger partial charge in [-0.15, -0.1) is 0 Å². The molecule has 0 aliphatic rings. The van der Waals surface area contributed by atoms with Crippen molar-refractivity contribution in [2.45, 2.75) is 27.7 Å². The molecule has 0 amide bonds. The predicted molar refractivity (Wildman–Crippen MR) is 83.5 cm³/mol. The Labute approximate surface area is 145 Å². The Hall–Kier alpha value is -0.420. The third-order valence-corrected chi connectivity index (χ3v) is 7.65. The maximum Gasteiger partial charge on any atom is 0.322 e. The van der Waals surface area contributed by atoms with Crippen molar-refractivity contribution >= 4 is 26.0 Å². The van der Waals surface area contributed by atoms with Crippen LogP contribution in [0.3, 0.4) is 0 Å². The SMILES string of the molecule is CC[NH+](CC)CCOC(=O)CN(S(=O)(=O)CC)S(=O)(=O)CC.[Cl-]. The minimum absolute atomic E-state index is 0. The van der Waals surface area contributed by atoms with Crippen LogP contribution in [0, 0.1) is 0 Å². The zero-order chi connectivity index (χ0) is 17.4. The molecular weight excluding hydrogens is 368 g/mol. The van der Waals surface area contributed by atoms with E-state index in [4.69, 9.17) is 4.74 Å². The van der Waals surface area contributed by atoms with Crippen molar-refractivity contribution in [1.82, 2.24) is 3.71 Å². The van der Waals surface area contributed by atoms with Crippen molar-refractivity contribution in [3.63, 3.8) is 0 Å². The number of carbonyl (C=O) groups is 1. The van der Waals surface area contributed by atoms with Crippen molar-refractivity contribution in [3.05, 3.63) is 0 Å². The Balaban J connectivity index is 0. The third-order valence-electron chi connectivity index (χ3n) is 3.33. The summed E-state index contributed by atoms with van der Waals surface area (Å²) in [6.07, 6.45) is 0. The standard InChI is InChI=1S/C12H26N2O6S2.ClH/c1-5-13(6-2)9-10-20-12(15)11-14(21(16,17)7-3)22(18,19)8-4;/h5-11H2,1-4H3;1H. The first-order valence-electron chi connectivity index (χ1n) is 7.36. The second-order valence-electron chi connectivity index (χ2n) is 4.66. The van der Waals surface area contributed by atoms with Gasteiger partial charge in [-0.2, -0.15) is 0 Å². The number of halogens is 1. The molecular formula is C12H27ClN2O6S2. The van der Waals surface area contributed by atoms with Crippen LogP contribution in [0.25, 0.3) is 0 Å². The Morgan fingerprint density at radius 2 is 1.39 bits per heavy atom. The van der Waals surface area contributed by atoms with Gasteiger partial charge in [-0.05, 0) is 27.7 Å². The van der Waals surface area contributed by atoms with Crippen LogP contribution in [0.4, 0.5) is 0 Å².